The average Bonchev–Trinajstić information content (AvgIpc) is 3.10. The average molecular weight is 335 g/mol. The summed E-state index contributed by atoms with van der Waals surface area (Å²) >= 11 is 0. The van der Waals surface area contributed by atoms with Crippen molar-refractivity contribution in [1.29, 1.82) is 0 Å². The van der Waals surface area contributed by atoms with Crippen LogP contribution in [-0.2, 0) is 6.73 Å². The molecular weight excluding hydrogens is 318 g/mol. The van der Waals surface area contributed by atoms with Gasteiger partial charge in [-0.05, 0) is 49.4 Å². The number of amides is 1. The molecule has 0 unspecified atom stereocenters. The van der Waals surface area contributed by atoms with Gasteiger partial charge in [-0.15, -0.1) is 0 Å². The third kappa shape index (κ3) is 4.32. The van der Waals surface area contributed by atoms with Gasteiger partial charge in [-0.3, -0.25) is 9.59 Å². The van der Waals surface area contributed by atoms with E-state index in [4.69, 9.17) is 4.74 Å². The maximum Gasteiger partial charge on any atom is 0.276 e. The molecule has 3 rings (SSSR count). The highest BCUT2D eigenvalue weighted by Gasteiger charge is 2.10. The van der Waals surface area contributed by atoms with Crippen molar-refractivity contribution in [2.45, 2.75) is 13.7 Å². The number of hydrogen-bond acceptors (Lipinski definition) is 4. The third-order valence-electron chi connectivity index (χ3n) is 3.53. The van der Waals surface area contributed by atoms with Gasteiger partial charge in [0.2, 0.25) is 0 Å². The molecule has 0 aliphatic heterocycles. The Morgan fingerprint density at radius 1 is 1.04 bits per heavy atom. The quantitative estimate of drug-likeness (QED) is 0.701. The van der Waals surface area contributed by atoms with E-state index in [-0.39, 0.29) is 24.1 Å². The van der Waals surface area contributed by atoms with Crippen molar-refractivity contribution in [2.24, 2.45) is 0 Å². The highest BCUT2D eigenvalue weighted by atomic mass is 16.5. The van der Waals surface area contributed by atoms with Crippen LogP contribution in [0, 0.1) is 0 Å². The summed E-state index contributed by atoms with van der Waals surface area (Å²) in [6.07, 6.45) is 1.68. The van der Waals surface area contributed by atoms with Crippen LogP contribution in [0.4, 0.5) is 5.69 Å². The highest BCUT2D eigenvalue weighted by Crippen LogP contribution is 2.12. The lowest BCUT2D eigenvalue weighted by molar-refractivity contribution is 0.101. The summed E-state index contributed by atoms with van der Waals surface area (Å²) in [7, 11) is 0. The van der Waals surface area contributed by atoms with Crippen LogP contribution in [0.15, 0.2) is 66.9 Å². The zero-order valence-electron chi connectivity index (χ0n) is 13.7. The van der Waals surface area contributed by atoms with Crippen LogP contribution < -0.4 is 10.1 Å². The number of ketones is 1. The van der Waals surface area contributed by atoms with E-state index in [0.717, 1.165) is 5.75 Å². The van der Waals surface area contributed by atoms with Gasteiger partial charge in [-0.1, -0.05) is 18.2 Å². The normalized spacial score (nSPS) is 10.3. The van der Waals surface area contributed by atoms with E-state index in [0.29, 0.717) is 11.3 Å². The van der Waals surface area contributed by atoms with Crippen LogP contribution in [0.3, 0.4) is 0 Å². The first-order valence-corrected chi connectivity index (χ1v) is 7.75. The molecule has 1 amide bonds. The lowest BCUT2D eigenvalue weighted by atomic mass is 10.1. The van der Waals surface area contributed by atoms with Gasteiger partial charge in [0.15, 0.2) is 18.2 Å². The second-order valence-corrected chi connectivity index (χ2v) is 5.41. The van der Waals surface area contributed by atoms with Gasteiger partial charge in [0, 0.05) is 17.4 Å². The smallest absolute Gasteiger partial charge is 0.276 e. The number of carbonyl (C=O) groups is 2. The first kappa shape index (κ1) is 16.4. The minimum absolute atomic E-state index is 0.0185. The number of carbonyl (C=O) groups excluding carboxylic acids is 2. The lowest BCUT2D eigenvalue weighted by Crippen LogP contribution is -2.14. The largest absolute Gasteiger partial charge is 0.471 e. The first-order valence-electron chi connectivity index (χ1n) is 7.75. The number of rotatable bonds is 6. The van der Waals surface area contributed by atoms with Crippen LogP contribution in [0.5, 0.6) is 5.75 Å². The zero-order chi connectivity index (χ0) is 17.6. The fourth-order valence-electron chi connectivity index (χ4n) is 2.20. The Hall–Kier alpha value is -3.41. The first-order chi connectivity index (χ1) is 12.1. The van der Waals surface area contributed by atoms with Gasteiger partial charge in [0.25, 0.3) is 5.91 Å². The van der Waals surface area contributed by atoms with E-state index in [1.165, 1.54) is 6.92 Å². The van der Waals surface area contributed by atoms with Gasteiger partial charge < -0.3 is 10.1 Å². The van der Waals surface area contributed by atoms with E-state index >= 15 is 0 Å². The Morgan fingerprint density at radius 3 is 2.44 bits per heavy atom. The molecule has 0 bridgehead atoms. The molecule has 2 aromatic carbocycles. The van der Waals surface area contributed by atoms with Crippen molar-refractivity contribution < 1.29 is 14.3 Å². The Balaban J connectivity index is 1.59. The van der Waals surface area contributed by atoms with Crippen molar-refractivity contribution in [1.82, 2.24) is 9.78 Å². The van der Waals surface area contributed by atoms with Crippen molar-refractivity contribution in [3.05, 3.63) is 78.1 Å². The molecule has 0 saturated heterocycles. The third-order valence-corrected chi connectivity index (χ3v) is 3.53. The maximum absolute atomic E-state index is 12.2. The predicted molar refractivity (Wildman–Crippen MR) is 93.7 cm³/mol. The Morgan fingerprint density at radius 2 is 1.76 bits per heavy atom. The molecule has 6 nitrogen and oxygen atoms in total. The predicted octanol–water partition coefficient (Wildman–Crippen LogP) is 3.37. The molecule has 1 N–H and O–H groups in total. The molecule has 126 valence electrons. The van der Waals surface area contributed by atoms with Crippen LogP contribution in [-0.4, -0.2) is 21.5 Å². The topological polar surface area (TPSA) is 73.2 Å². The summed E-state index contributed by atoms with van der Waals surface area (Å²) in [5, 5.41) is 6.94. The molecule has 25 heavy (non-hydrogen) atoms. The number of anilines is 1. The van der Waals surface area contributed by atoms with E-state index in [2.05, 4.69) is 10.4 Å². The van der Waals surface area contributed by atoms with Crippen molar-refractivity contribution >= 4 is 17.4 Å². The van der Waals surface area contributed by atoms with E-state index in [1.807, 2.05) is 30.3 Å². The summed E-state index contributed by atoms with van der Waals surface area (Å²) in [6, 6.07) is 17.7. The SMILES string of the molecule is CC(=O)c1ccc(NC(=O)c2ccn(COc3ccccc3)n2)cc1. The summed E-state index contributed by atoms with van der Waals surface area (Å²) < 4.78 is 7.12. The number of nitrogens with one attached hydrogen (secondary N) is 1. The fourth-order valence-corrected chi connectivity index (χ4v) is 2.20. The van der Waals surface area contributed by atoms with Crippen molar-refractivity contribution in [3.63, 3.8) is 0 Å². The summed E-state index contributed by atoms with van der Waals surface area (Å²) in [5.74, 6) is 0.388. The van der Waals surface area contributed by atoms with Gasteiger partial charge in [-0.2, -0.15) is 5.10 Å². The minimum Gasteiger partial charge on any atom is -0.471 e. The van der Waals surface area contributed by atoms with Crippen molar-refractivity contribution in [2.75, 3.05) is 5.32 Å². The molecule has 1 aromatic heterocycles. The minimum atomic E-state index is -0.325. The number of ether oxygens (including phenoxy) is 1. The van der Waals surface area contributed by atoms with Crippen LogP contribution in [0.25, 0.3) is 0 Å². The maximum atomic E-state index is 12.2. The Labute approximate surface area is 145 Å². The molecule has 6 heteroatoms. The molecule has 0 fully saturated rings. The number of nitrogens with zero attached hydrogens (tertiary/aromatic N) is 2. The monoisotopic (exact) mass is 335 g/mol. The second-order valence-electron chi connectivity index (χ2n) is 5.41. The number of benzene rings is 2. The molecule has 0 atom stereocenters. The molecule has 0 aliphatic rings. The van der Waals surface area contributed by atoms with Crippen LogP contribution in [0.2, 0.25) is 0 Å². The molecule has 0 aliphatic carbocycles. The van der Waals surface area contributed by atoms with Gasteiger partial charge in [-0.25, -0.2) is 4.68 Å². The zero-order valence-corrected chi connectivity index (χ0v) is 13.7. The second kappa shape index (κ2) is 7.44. The van der Waals surface area contributed by atoms with Crippen LogP contribution >= 0.6 is 0 Å². The molecular formula is C19H17N3O3. The van der Waals surface area contributed by atoms with Gasteiger partial charge in [0.05, 0.1) is 0 Å². The molecule has 1 heterocycles. The molecule has 0 saturated carbocycles. The van der Waals surface area contributed by atoms with Gasteiger partial charge in [0.1, 0.15) is 5.75 Å². The fraction of sp³-hybridized carbons (Fsp3) is 0.105. The number of hydrogen-bond donors (Lipinski definition) is 1. The van der Waals surface area contributed by atoms with Crippen molar-refractivity contribution in [3.8, 4) is 5.75 Å². The van der Waals surface area contributed by atoms with Crippen LogP contribution in [0.1, 0.15) is 27.8 Å². The standard InChI is InChI=1S/C19H17N3O3/c1-14(23)15-7-9-16(10-8-15)20-19(24)18-11-12-22(21-18)13-25-17-5-3-2-4-6-17/h2-12H,13H2,1H3,(H,20,24). The summed E-state index contributed by atoms with van der Waals surface area (Å²) in [4.78, 5) is 23.5. The number of para-hydroxylation sites is 1. The van der Waals surface area contributed by atoms with Gasteiger partial charge >= 0.3 is 0 Å². The van der Waals surface area contributed by atoms with E-state index in [9.17, 15) is 9.59 Å². The van der Waals surface area contributed by atoms with E-state index < -0.39 is 0 Å². The molecule has 0 spiro atoms. The summed E-state index contributed by atoms with van der Waals surface area (Å²) in [6.45, 7) is 1.71. The Bertz CT molecular complexity index is 870. The Kier molecular flexibility index (Phi) is 4.89. The molecule has 3 aromatic rings. The highest BCUT2D eigenvalue weighted by molar-refractivity contribution is 6.03. The molecule has 0 radical (unpaired) electrons. The number of aromatic nitrogens is 2. The summed E-state index contributed by atoms with van der Waals surface area (Å²) in [5.41, 5.74) is 1.48. The van der Waals surface area contributed by atoms with E-state index in [1.54, 1.807) is 41.2 Å². The lowest BCUT2D eigenvalue weighted by Gasteiger charge is -2.06. The number of Topliss-reactive ketones (excluding diaryl/α,β-unsaturated/α-hetero) is 1.